The van der Waals surface area contributed by atoms with E-state index in [1.54, 1.807) is 12.1 Å². The standard InChI is InChI=1S/C68H84F4N4O12S/c69-66(70)85-54-30-33-56-57(75-65(81)67(37-38-67)52-27-34-58-61(43-52)88-68(71,72)87-58)45-59(86-60(56)44-54)49-19-21-50(22-20-49)63(79)73-39-17-15-13-11-9-7-5-3-1-2-4-6-8-10-12-14-16-18-42-84-53-28-23-47(24-29-53)48-35-40-76(41-36-48)89(82,83)55-31-25-51(26-32-55)64(80)74-46-62(77)78/h19-34,43-44,48,57,59,63,66,73,79H,1-18,35-42,45-46H2,(H,74,80)(H,75,81)(H,77,78)/t57-,59-,63?/m1/s1. The average Bonchev–Trinajstić information content (AvgIpc) is 1.64. The number of fused-ring (bicyclic) bond motifs is 2. The number of carbonyl (C=O) groups excluding carboxylic acids is 2. The Kier molecular flexibility index (Phi) is 23.7. The van der Waals surface area contributed by atoms with Crippen molar-refractivity contribution in [2.24, 2.45) is 0 Å². The van der Waals surface area contributed by atoms with Crippen LogP contribution in [-0.4, -0.2) is 86.4 Å². The third-order valence-corrected chi connectivity index (χ3v) is 19.4. The molecule has 0 aromatic heterocycles. The van der Waals surface area contributed by atoms with E-state index in [4.69, 9.17) is 14.6 Å². The summed E-state index contributed by atoms with van der Waals surface area (Å²) in [6.07, 6.45) is 19.4. The fourth-order valence-electron chi connectivity index (χ4n) is 12.2. The minimum atomic E-state index is -3.79. The molecule has 1 unspecified atom stereocenters. The quantitative estimate of drug-likeness (QED) is 0.0144. The van der Waals surface area contributed by atoms with Gasteiger partial charge in [-0.3, -0.25) is 19.7 Å². The summed E-state index contributed by atoms with van der Waals surface area (Å²) in [5.74, 6) is -1.03. The number of aliphatic hydroxyl groups is 1. The smallest absolute Gasteiger partial charge is 0.494 e. The summed E-state index contributed by atoms with van der Waals surface area (Å²) in [6, 6.07) is 29.2. The molecule has 5 aromatic carbocycles. The summed E-state index contributed by atoms with van der Waals surface area (Å²) < 4.78 is 108. The molecule has 482 valence electrons. The third kappa shape index (κ3) is 18.8. The number of benzene rings is 5. The van der Waals surface area contributed by atoms with E-state index >= 15 is 0 Å². The molecule has 0 spiro atoms. The van der Waals surface area contributed by atoms with Gasteiger partial charge in [-0.25, -0.2) is 8.42 Å². The number of rotatable bonds is 36. The Morgan fingerprint density at radius 2 is 1.24 bits per heavy atom. The summed E-state index contributed by atoms with van der Waals surface area (Å²) in [4.78, 5) is 37.0. The molecular weight excluding hydrogens is 1170 g/mol. The highest BCUT2D eigenvalue weighted by molar-refractivity contribution is 7.89. The molecule has 1 aliphatic carbocycles. The van der Waals surface area contributed by atoms with Crippen molar-refractivity contribution in [3.05, 3.63) is 143 Å². The number of sulfonamides is 1. The van der Waals surface area contributed by atoms with Crippen LogP contribution < -0.4 is 39.6 Å². The van der Waals surface area contributed by atoms with Crippen molar-refractivity contribution in [1.29, 1.82) is 0 Å². The fourth-order valence-corrected chi connectivity index (χ4v) is 13.7. The number of piperidine rings is 1. The molecule has 2 fully saturated rings. The van der Waals surface area contributed by atoms with Gasteiger partial charge in [-0.15, -0.1) is 8.78 Å². The minimum Gasteiger partial charge on any atom is -0.494 e. The Morgan fingerprint density at radius 1 is 0.663 bits per heavy atom. The van der Waals surface area contributed by atoms with Crippen LogP contribution >= 0.6 is 0 Å². The Balaban J connectivity index is 0.558. The number of aliphatic hydroxyl groups excluding tert-OH is 1. The van der Waals surface area contributed by atoms with Gasteiger partial charge in [0.05, 0.1) is 23.0 Å². The molecule has 1 saturated heterocycles. The molecule has 2 amide bonds. The molecule has 21 heteroatoms. The van der Waals surface area contributed by atoms with Gasteiger partial charge >= 0.3 is 18.9 Å². The number of ether oxygens (including phenoxy) is 5. The molecule has 4 aliphatic rings. The second kappa shape index (κ2) is 31.7. The summed E-state index contributed by atoms with van der Waals surface area (Å²) in [5, 5.41) is 28.4. The van der Waals surface area contributed by atoms with E-state index < -0.39 is 65.1 Å². The number of carboxylic acids is 1. The third-order valence-electron chi connectivity index (χ3n) is 17.5. The zero-order chi connectivity index (χ0) is 62.8. The second-order valence-corrected chi connectivity index (χ2v) is 25.9. The van der Waals surface area contributed by atoms with Crippen molar-refractivity contribution in [2.45, 2.75) is 195 Å². The van der Waals surface area contributed by atoms with Crippen molar-refractivity contribution >= 4 is 27.8 Å². The van der Waals surface area contributed by atoms with Crippen molar-refractivity contribution < 1.29 is 74.3 Å². The number of amides is 2. The number of carbonyl (C=O) groups is 3. The zero-order valence-electron chi connectivity index (χ0n) is 50.4. The van der Waals surface area contributed by atoms with Gasteiger partial charge in [0.2, 0.25) is 15.9 Å². The number of unbranched alkanes of at least 4 members (excludes halogenated alkanes) is 17. The maximum atomic E-state index is 14.0. The van der Waals surface area contributed by atoms with E-state index in [1.165, 1.54) is 142 Å². The number of nitrogens with zero attached hydrogens (tertiary/aromatic N) is 1. The average molecular weight is 1260 g/mol. The van der Waals surface area contributed by atoms with Gasteiger partial charge in [0.25, 0.3) is 5.91 Å². The van der Waals surface area contributed by atoms with E-state index in [2.05, 4.69) is 42.3 Å². The maximum absolute atomic E-state index is 14.0. The molecule has 89 heavy (non-hydrogen) atoms. The van der Waals surface area contributed by atoms with Crippen molar-refractivity contribution in [3.63, 3.8) is 0 Å². The molecule has 1 saturated carbocycles. The maximum Gasteiger partial charge on any atom is 0.586 e. The van der Waals surface area contributed by atoms with Crippen LogP contribution in [0, 0.1) is 0 Å². The Bertz CT molecular complexity index is 3220. The second-order valence-electron chi connectivity index (χ2n) is 23.9. The molecular formula is C68H84F4N4O12S. The first-order chi connectivity index (χ1) is 43.0. The first-order valence-electron chi connectivity index (χ1n) is 31.8. The van der Waals surface area contributed by atoms with Crippen LogP contribution in [0.1, 0.15) is 210 Å². The minimum absolute atomic E-state index is 0.0938. The number of hydrogen-bond acceptors (Lipinski definition) is 12. The molecule has 9 rings (SSSR count). The van der Waals surface area contributed by atoms with E-state index in [0.29, 0.717) is 75.0 Å². The Morgan fingerprint density at radius 3 is 1.83 bits per heavy atom. The lowest BCUT2D eigenvalue weighted by Gasteiger charge is -2.34. The normalized spacial score (nSPS) is 18.0. The Labute approximate surface area is 519 Å². The number of carboxylic acid groups (broad SMARTS) is 1. The predicted octanol–water partition coefficient (Wildman–Crippen LogP) is 14.1. The van der Waals surface area contributed by atoms with Crippen molar-refractivity contribution in [3.8, 4) is 28.7 Å². The molecule has 0 radical (unpaired) electrons. The lowest BCUT2D eigenvalue weighted by Crippen LogP contribution is -2.39. The summed E-state index contributed by atoms with van der Waals surface area (Å²) in [6.45, 7) is -1.42. The first kappa shape index (κ1) is 66.5. The van der Waals surface area contributed by atoms with Crippen LogP contribution in [0.3, 0.4) is 0 Å². The van der Waals surface area contributed by atoms with Crippen LogP contribution in [0.4, 0.5) is 17.6 Å². The van der Waals surface area contributed by atoms with Crippen LogP contribution in [0.5, 0.6) is 28.7 Å². The number of hydrogen-bond donors (Lipinski definition) is 5. The molecule has 3 aliphatic heterocycles. The highest BCUT2D eigenvalue weighted by Gasteiger charge is 2.53. The van der Waals surface area contributed by atoms with Gasteiger partial charge in [-0.2, -0.15) is 13.1 Å². The highest BCUT2D eigenvalue weighted by atomic mass is 32.2. The number of aliphatic carboxylic acids is 1. The fraction of sp³-hybridized carbons (Fsp3) is 0.515. The zero-order valence-corrected chi connectivity index (χ0v) is 51.2. The van der Waals surface area contributed by atoms with E-state index in [9.17, 15) is 45.5 Å². The lowest BCUT2D eigenvalue weighted by atomic mass is 9.90. The Hall–Kier alpha value is -6.94. The van der Waals surface area contributed by atoms with E-state index in [1.807, 2.05) is 36.4 Å². The molecule has 5 N–H and O–H groups in total. The lowest BCUT2D eigenvalue weighted by molar-refractivity contribution is -0.286. The molecule has 3 heterocycles. The van der Waals surface area contributed by atoms with E-state index in [0.717, 1.165) is 43.4 Å². The molecule has 16 nitrogen and oxygen atoms in total. The van der Waals surface area contributed by atoms with E-state index in [-0.39, 0.29) is 45.3 Å². The van der Waals surface area contributed by atoms with Crippen LogP contribution in [-0.2, 0) is 25.0 Å². The highest BCUT2D eigenvalue weighted by Crippen LogP contribution is 2.53. The largest absolute Gasteiger partial charge is 0.586 e. The van der Waals surface area contributed by atoms with Crippen LogP contribution in [0.15, 0.2) is 114 Å². The van der Waals surface area contributed by atoms with Gasteiger partial charge in [0.1, 0.15) is 36.1 Å². The molecule has 3 atom stereocenters. The summed E-state index contributed by atoms with van der Waals surface area (Å²) >= 11 is 0. The number of halogens is 4. The van der Waals surface area contributed by atoms with Crippen LogP contribution in [0.25, 0.3) is 0 Å². The molecule has 0 bridgehead atoms. The summed E-state index contributed by atoms with van der Waals surface area (Å²) in [7, 11) is -3.73. The number of alkyl halides is 4. The number of nitrogens with one attached hydrogen (secondary N) is 3. The van der Waals surface area contributed by atoms with Crippen molar-refractivity contribution in [1.82, 2.24) is 20.3 Å². The van der Waals surface area contributed by atoms with Crippen LogP contribution in [0.2, 0.25) is 0 Å². The van der Waals surface area contributed by atoms with Crippen molar-refractivity contribution in [2.75, 3.05) is 32.8 Å². The summed E-state index contributed by atoms with van der Waals surface area (Å²) in [5.41, 5.74) is 2.93. The topological polar surface area (TPSA) is 211 Å². The van der Waals surface area contributed by atoms with Gasteiger partial charge < -0.3 is 44.5 Å². The first-order valence-corrected chi connectivity index (χ1v) is 33.2. The van der Waals surface area contributed by atoms with Gasteiger partial charge in [-0.1, -0.05) is 145 Å². The monoisotopic (exact) mass is 1260 g/mol. The molecule has 5 aromatic rings. The SMILES string of the molecule is O=C(O)CNC(=O)c1ccc(S(=O)(=O)N2CCC(c3ccc(OCCCCCCCCCCCCCCCCCCCCNC(O)c4ccc([C@H]5C[C@@H](NC(=O)C6(c7ccc8c(c7)OC(F)(F)O8)CC6)c6ccc(OC(F)F)cc6O5)cc4)cc3)CC2)cc1. The predicted molar refractivity (Wildman–Crippen MR) is 327 cm³/mol. The van der Waals surface area contributed by atoms with Gasteiger partial charge in [0, 0.05) is 36.7 Å². The van der Waals surface area contributed by atoms with Gasteiger partial charge in [0.15, 0.2) is 11.5 Å². The van der Waals surface area contributed by atoms with Gasteiger partial charge in [-0.05, 0) is 134 Å².